The van der Waals surface area contributed by atoms with E-state index in [1.807, 2.05) is 12.1 Å². The van der Waals surface area contributed by atoms with Crippen molar-refractivity contribution in [3.05, 3.63) is 34.3 Å². The Morgan fingerprint density at radius 3 is 2.27 bits per heavy atom. The lowest BCUT2D eigenvalue weighted by Crippen LogP contribution is -2.52. The van der Waals surface area contributed by atoms with Gasteiger partial charge in [-0.1, -0.05) is 28.1 Å². The van der Waals surface area contributed by atoms with E-state index in [0.29, 0.717) is 38.2 Å². The molecule has 1 aromatic carbocycles. The number of hydrogen-bond donors (Lipinski definition) is 0. The van der Waals surface area contributed by atoms with Crippen LogP contribution in [0.4, 0.5) is 0 Å². The number of carbonyl (C=O) groups is 2. The summed E-state index contributed by atoms with van der Waals surface area (Å²) in [5.74, 6) is 0.479. The van der Waals surface area contributed by atoms with Gasteiger partial charge in [-0.05, 0) is 18.6 Å². The van der Waals surface area contributed by atoms with Gasteiger partial charge in [0.15, 0.2) is 15.6 Å². The lowest BCUT2D eigenvalue weighted by molar-refractivity contribution is -0.133. The van der Waals surface area contributed by atoms with Crippen molar-refractivity contribution in [3.63, 3.8) is 0 Å². The van der Waals surface area contributed by atoms with E-state index in [0.717, 1.165) is 4.47 Å². The maximum Gasteiger partial charge on any atom is 0.223 e. The van der Waals surface area contributed by atoms with Gasteiger partial charge in [-0.25, -0.2) is 8.42 Å². The van der Waals surface area contributed by atoms with Crippen LogP contribution in [0.3, 0.4) is 0 Å². The smallest absolute Gasteiger partial charge is 0.223 e. The van der Waals surface area contributed by atoms with Gasteiger partial charge in [0.1, 0.15) is 0 Å². The summed E-state index contributed by atoms with van der Waals surface area (Å²) >= 11 is 3.33. The van der Waals surface area contributed by atoms with E-state index in [2.05, 4.69) is 20.8 Å². The molecule has 6 nitrogen and oxygen atoms in total. The first kappa shape index (κ1) is 19.5. The van der Waals surface area contributed by atoms with Gasteiger partial charge in [-0.15, -0.1) is 0 Å². The maximum atomic E-state index is 12.4. The minimum Gasteiger partial charge on any atom is -0.340 e. The van der Waals surface area contributed by atoms with Crippen molar-refractivity contribution < 1.29 is 18.0 Å². The molecule has 0 N–H and O–H groups in total. The fourth-order valence-corrected chi connectivity index (χ4v) is 5.58. The summed E-state index contributed by atoms with van der Waals surface area (Å²) in [7, 11) is -2.88. The fourth-order valence-electron chi connectivity index (χ4n) is 3.56. The molecule has 26 heavy (non-hydrogen) atoms. The molecule has 8 heteroatoms. The average molecular weight is 443 g/mol. The van der Waals surface area contributed by atoms with Crippen molar-refractivity contribution in [1.82, 2.24) is 9.80 Å². The zero-order valence-electron chi connectivity index (χ0n) is 14.6. The number of carbonyl (C=O) groups excluding carboxylic acids is 2. The zero-order chi connectivity index (χ0) is 18.7. The third-order valence-electron chi connectivity index (χ3n) is 5.12. The quantitative estimate of drug-likeness (QED) is 0.649. The molecule has 0 radical (unpaired) electrons. The predicted octanol–water partition coefficient (Wildman–Crippen LogP) is 1.74. The SMILES string of the molecule is O=C(CCC(=O)N1CCN(C2CCS(=O)(=O)C2)CC1)c1ccc(Br)cc1. The number of nitrogens with zero attached hydrogens (tertiary/aromatic N) is 2. The Kier molecular flexibility index (Phi) is 6.14. The Bertz CT molecular complexity index is 771. The second kappa shape index (κ2) is 8.19. The first-order chi connectivity index (χ1) is 12.3. The van der Waals surface area contributed by atoms with Crippen molar-refractivity contribution >= 4 is 37.5 Å². The molecule has 0 aromatic heterocycles. The highest BCUT2D eigenvalue weighted by Gasteiger charge is 2.34. The summed E-state index contributed by atoms with van der Waals surface area (Å²) in [5.41, 5.74) is 0.619. The minimum absolute atomic E-state index is 0.00541. The third kappa shape index (κ3) is 4.92. The van der Waals surface area contributed by atoms with Crippen LogP contribution >= 0.6 is 15.9 Å². The Morgan fingerprint density at radius 1 is 1.04 bits per heavy atom. The van der Waals surface area contributed by atoms with Crippen molar-refractivity contribution in [1.29, 1.82) is 0 Å². The number of rotatable bonds is 5. The molecule has 0 spiro atoms. The molecular weight excluding hydrogens is 420 g/mol. The van der Waals surface area contributed by atoms with Gasteiger partial charge in [0, 0.05) is 55.1 Å². The number of ketones is 1. The molecule has 142 valence electrons. The molecule has 2 aliphatic rings. The predicted molar refractivity (Wildman–Crippen MR) is 103 cm³/mol. The van der Waals surface area contributed by atoms with Gasteiger partial charge in [0.05, 0.1) is 11.5 Å². The normalized spacial score (nSPS) is 23.1. The summed E-state index contributed by atoms with van der Waals surface area (Å²) in [4.78, 5) is 28.5. The summed E-state index contributed by atoms with van der Waals surface area (Å²) in [5, 5.41) is 0. The maximum absolute atomic E-state index is 12.4. The van der Waals surface area contributed by atoms with Gasteiger partial charge in [-0.3, -0.25) is 14.5 Å². The third-order valence-corrected chi connectivity index (χ3v) is 7.40. The molecule has 1 amide bonds. The number of piperazine rings is 1. The van der Waals surface area contributed by atoms with Crippen LogP contribution in [0, 0.1) is 0 Å². The van der Waals surface area contributed by atoms with Crippen LogP contribution in [0.1, 0.15) is 29.6 Å². The molecule has 0 aliphatic carbocycles. The van der Waals surface area contributed by atoms with Crippen LogP contribution in [0.15, 0.2) is 28.7 Å². The summed E-state index contributed by atoms with van der Waals surface area (Å²) in [6, 6.07) is 7.24. The molecular formula is C18H23BrN2O4S. The van der Waals surface area contributed by atoms with Gasteiger partial charge >= 0.3 is 0 Å². The van der Waals surface area contributed by atoms with Crippen molar-refractivity contribution in [2.45, 2.75) is 25.3 Å². The second-order valence-electron chi connectivity index (χ2n) is 6.90. The first-order valence-electron chi connectivity index (χ1n) is 8.85. The van der Waals surface area contributed by atoms with Crippen molar-refractivity contribution in [2.75, 3.05) is 37.7 Å². The number of halogens is 1. The van der Waals surface area contributed by atoms with Gasteiger partial charge in [0.2, 0.25) is 5.91 Å². The molecule has 2 saturated heterocycles. The zero-order valence-corrected chi connectivity index (χ0v) is 17.0. The standard InChI is InChI=1S/C18H23BrN2O4S/c19-15-3-1-14(2-4-15)17(22)5-6-18(23)21-10-8-20(9-11-21)16-7-12-26(24,25)13-16/h1-4,16H,5-13H2. The molecule has 1 atom stereocenters. The van der Waals surface area contributed by atoms with E-state index in [1.54, 1.807) is 17.0 Å². The molecule has 2 aliphatic heterocycles. The number of Topliss-reactive ketones (excluding diaryl/α,β-unsaturated/α-hetero) is 1. The Hall–Kier alpha value is -1.25. The Balaban J connectivity index is 1.44. The lowest BCUT2D eigenvalue weighted by Gasteiger charge is -2.37. The molecule has 0 saturated carbocycles. The minimum atomic E-state index is -2.88. The van der Waals surface area contributed by atoms with Crippen molar-refractivity contribution in [3.8, 4) is 0 Å². The van der Waals surface area contributed by atoms with Crippen molar-refractivity contribution in [2.24, 2.45) is 0 Å². The number of amides is 1. The number of hydrogen-bond acceptors (Lipinski definition) is 5. The summed E-state index contributed by atoms with van der Waals surface area (Å²) in [6.07, 6.45) is 1.12. The van der Waals surface area contributed by atoms with Crippen LogP contribution < -0.4 is 0 Å². The second-order valence-corrected chi connectivity index (χ2v) is 10.0. The van der Waals surface area contributed by atoms with E-state index in [-0.39, 0.29) is 42.1 Å². The molecule has 0 bridgehead atoms. The average Bonchev–Trinajstić information content (AvgIpc) is 3.00. The summed E-state index contributed by atoms with van der Waals surface area (Å²) in [6.45, 7) is 2.60. The molecule has 2 fully saturated rings. The Morgan fingerprint density at radius 2 is 1.69 bits per heavy atom. The van der Waals surface area contributed by atoms with Gasteiger partial charge in [-0.2, -0.15) is 0 Å². The van der Waals surface area contributed by atoms with Gasteiger partial charge in [0.25, 0.3) is 0 Å². The lowest BCUT2D eigenvalue weighted by atomic mass is 10.1. The fraction of sp³-hybridized carbons (Fsp3) is 0.556. The van der Waals surface area contributed by atoms with Crippen LogP contribution in [0.2, 0.25) is 0 Å². The van der Waals surface area contributed by atoms with E-state index >= 15 is 0 Å². The molecule has 1 unspecified atom stereocenters. The topological polar surface area (TPSA) is 74.8 Å². The Labute approximate surface area is 162 Å². The monoisotopic (exact) mass is 442 g/mol. The highest BCUT2D eigenvalue weighted by molar-refractivity contribution is 9.10. The highest BCUT2D eigenvalue weighted by atomic mass is 79.9. The van der Waals surface area contributed by atoms with E-state index in [4.69, 9.17) is 0 Å². The molecule has 1 aromatic rings. The number of sulfone groups is 1. The van der Waals surface area contributed by atoms with Crippen LogP contribution in [0.25, 0.3) is 0 Å². The van der Waals surface area contributed by atoms with Gasteiger partial charge < -0.3 is 4.90 Å². The largest absolute Gasteiger partial charge is 0.340 e. The molecule has 3 rings (SSSR count). The van der Waals surface area contributed by atoms with Crippen LogP contribution in [-0.4, -0.2) is 73.6 Å². The first-order valence-corrected chi connectivity index (χ1v) is 11.5. The highest BCUT2D eigenvalue weighted by Crippen LogP contribution is 2.20. The van der Waals surface area contributed by atoms with E-state index in [9.17, 15) is 18.0 Å². The number of benzene rings is 1. The van der Waals surface area contributed by atoms with E-state index in [1.165, 1.54) is 0 Å². The molecule has 2 heterocycles. The van der Waals surface area contributed by atoms with Crippen LogP contribution in [0.5, 0.6) is 0 Å². The van der Waals surface area contributed by atoms with Crippen LogP contribution in [-0.2, 0) is 14.6 Å². The van der Waals surface area contributed by atoms with E-state index < -0.39 is 9.84 Å². The summed E-state index contributed by atoms with van der Waals surface area (Å²) < 4.78 is 24.1.